The van der Waals surface area contributed by atoms with Crippen molar-refractivity contribution >= 4 is 11.3 Å². The molecule has 1 aromatic carbocycles. The molecule has 2 aromatic rings. The van der Waals surface area contributed by atoms with Gasteiger partial charge in [0.1, 0.15) is 5.01 Å². The van der Waals surface area contributed by atoms with Crippen LogP contribution in [-0.4, -0.2) is 18.2 Å². The van der Waals surface area contributed by atoms with Crippen molar-refractivity contribution < 1.29 is 4.74 Å². The number of thiazole rings is 1. The van der Waals surface area contributed by atoms with Crippen molar-refractivity contribution in [1.29, 1.82) is 5.26 Å². The fourth-order valence-electron chi connectivity index (χ4n) is 2.79. The topological polar surface area (TPSA) is 45.9 Å². The number of hydrogen-bond donors (Lipinski definition) is 0. The van der Waals surface area contributed by atoms with Gasteiger partial charge in [0.2, 0.25) is 0 Å². The second kappa shape index (κ2) is 5.74. The summed E-state index contributed by atoms with van der Waals surface area (Å²) in [6, 6.07) is 12.7. The van der Waals surface area contributed by atoms with Gasteiger partial charge in [-0.05, 0) is 18.4 Å². The molecule has 4 heteroatoms. The molecule has 20 heavy (non-hydrogen) atoms. The van der Waals surface area contributed by atoms with Gasteiger partial charge in [0.15, 0.2) is 0 Å². The molecule has 3 nitrogen and oxygen atoms in total. The number of rotatable bonds is 3. The van der Waals surface area contributed by atoms with Gasteiger partial charge in [-0.15, -0.1) is 11.3 Å². The maximum Gasteiger partial charge on any atom is 0.104 e. The van der Waals surface area contributed by atoms with Crippen LogP contribution in [0, 0.1) is 11.3 Å². The Hall–Kier alpha value is -1.70. The molecule has 1 aliphatic rings. The van der Waals surface area contributed by atoms with Crippen LogP contribution in [0.15, 0.2) is 35.7 Å². The van der Waals surface area contributed by atoms with Crippen molar-refractivity contribution in [3.63, 3.8) is 0 Å². The van der Waals surface area contributed by atoms with Crippen LogP contribution in [0.2, 0.25) is 0 Å². The third kappa shape index (κ3) is 2.35. The van der Waals surface area contributed by atoms with E-state index in [4.69, 9.17) is 15.0 Å². The van der Waals surface area contributed by atoms with Gasteiger partial charge >= 0.3 is 0 Å². The average Bonchev–Trinajstić information content (AvgIpc) is 2.98. The Labute approximate surface area is 122 Å². The number of ether oxygens (including phenoxy) is 1. The lowest BCUT2D eigenvalue weighted by Gasteiger charge is -2.36. The van der Waals surface area contributed by atoms with E-state index in [9.17, 15) is 0 Å². The number of aromatic nitrogens is 1. The van der Waals surface area contributed by atoms with Crippen molar-refractivity contribution in [2.75, 3.05) is 13.2 Å². The maximum atomic E-state index is 8.82. The van der Waals surface area contributed by atoms with Gasteiger partial charge < -0.3 is 4.74 Å². The van der Waals surface area contributed by atoms with E-state index in [0.29, 0.717) is 6.42 Å². The minimum Gasteiger partial charge on any atom is -0.381 e. The maximum absolute atomic E-state index is 8.82. The first-order valence-electron chi connectivity index (χ1n) is 6.80. The Morgan fingerprint density at radius 1 is 1.25 bits per heavy atom. The van der Waals surface area contributed by atoms with Gasteiger partial charge in [-0.1, -0.05) is 30.3 Å². The molecule has 0 N–H and O–H groups in total. The minimum absolute atomic E-state index is 0.0438. The van der Waals surface area contributed by atoms with Crippen LogP contribution in [0.3, 0.4) is 0 Å². The summed E-state index contributed by atoms with van der Waals surface area (Å²) in [6.45, 7) is 1.53. The number of benzene rings is 1. The van der Waals surface area contributed by atoms with E-state index >= 15 is 0 Å². The molecule has 0 spiro atoms. The zero-order valence-corrected chi connectivity index (χ0v) is 12.0. The van der Waals surface area contributed by atoms with E-state index < -0.39 is 0 Å². The van der Waals surface area contributed by atoms with Crippen LogP contribution >= 0.6 is 11.3 Å². The zero-order valence-electron chi connectivity index (χ0n) is 11.2. The van der Waals surface area contributed by atoms with Gasteiger partial charge in [0.05, 0.1) is 23.6 Å². The quantitative estimate of drug-likeness (QED) is 0.868. The lowest BCUT2D eigenvalue weighted by molar-refractivity contribution is 0.0630. The first kappa shape index (κ1) is 13.3. The number of hydrogen-bond acceptors (Lipinski definition) is 4. The van der Waals surface area contributed by atoms with Crippen molar-refractivity contribution in [1.82, 2.24) is 4.98 Å². The lowest BCUT2D eigenvalue weighted by Crippen LogP contribution is -2.35. The normalized spacial score (nSPS) is 17.6. The molecular weight excluding hydrogens is 268 g/mol. The molecule has 0 amide bonds. The van der Waals surface area contributed by atoms with E-state index in [1.807, 2.05) is 11.4 Å². The summed E-state index contributed by atoms with van der Waals surface area (Å²) in [5.41, 5.74) is 2.15. The highest BCUT2D eigenvalue weighted by molar-refractivity contribution is 7.09. The average molecular weight is 284 g/mol. The molecule has 0 bridgehead atoms. The van der Waals surface area contributed by atoms with Crippen LogP contribution in [0.25, 0.3) is 0 Å². The Balaban J connectivity index is 2.03. The summed E-state index contributed by atoms with van der Waals surface area (Å²) in [7, 11) is 0. The third-order valence-electron chi connectivity index (χ3n) is 3.89. The van der Waals surface area contributed by atoms with E-state index in [1.54, 1.807) is 11.3 Å². The summed E-state index contributed by atoms with van der Waals surface area (Å²) < 4.78 is 5.55. The van der Waals surface area contributed by atoms with Crippen LogP contribution in [0.5, 0.6) is 0 Å². The van der Waals surface area contributed by atoms with E-state index in [0.717, 1.165) is 36.8 Å². The molecule has 0 atom stereocenters. The molecule has 1 fully saturated rings. The van der Waals surface area contributed by atoms with Gasteiger partial charge in [-0.2, -0.15) is 5.26 Å². The Kier molecular flexibility index (Phi) is 3.81. The molecular formula is C16H16N2OS. The molecule has 1 saturated heterocycles. The SMILES string of the molecule is N#CCc1csc(C2(c3ccccc3)CCOCC2)n1. The number of nitriles is 1. The predicted molar refractivity (Wildman–Crippen MR) is 78.7 cm³/mol. The summed E-state index contributed by atoms with van der Waals surface area (Å²) in [4.78, 5) is 4.71. The van der Waals surface area contributed by atoms with Crippen molar-refractivity contribution in [3.8, 4) is 6.07 Å². The van der Waals surface area contributed by atoms with Crippen LogP contribution in [0.4, 0.5) is 0 Å². The van der Waals surface area contributed by atoms with Crippen molar-refractivity contribution in [3.05, 3.63) is 52.0 Å². The Bertz CT molecular complexity index is 609. The van der Waals surface area contributed by atoms with Crippen LogP contribution in [0.1, 0.15) is 29.1 Å². The molecule has 1 aliphatic heterocycles. The van der Waals surface area contributed by atoms with Gasteiger partial charge in [0.25, 0.3) is 0 Å². The highest BCUT2D eigenvalue weighted by Crippen LogP contribution is 2.42. The monoisotopic (exact) mass is 284 g/mol. The summed E-state index contributed by atoms with van der Waals surface area (Å²) in [6.07, 6.45) is 2.30. The number of nitrogens with zero attached hydrogens (tertiary/aromatic N) is 2. The highest BCUT2D eigenvalue weighted by Gasteiger charge is 2.38. The zero-order chi connectivity index (χ0) is 13.8. The summed E-state index contributed by atoms with van der Waals surface area (Å²) in [5.74, 6) is 0. The van der Waals surface area contributed by atoms with Crippen LogP contribution < -0.4 is 0 Å². The smallest absolute Gasteiger partial charge is 0.104 e. The summed E-state index contributed by atoms with van der Waals surface area (Å²) >= 11 is 1.67. The predicted octanol–water partition coefficient (Wildman–Crippen LogP) is 3.31. The van der Waals surface area contributed by atoms with Crippen molar-refractivity contribution in [2.45, 2.75) is 24.7 Å². The lowest BCUT2D eigenvalue weighted by atomic mass is 9.74. The largest absolute Gasteiger partial charge is 0.381 e. The Morgan fingerprint density at radius 2 is 2.00 bits per heavy atom. The summed E-state index contributed by atoms with van der Waals surface area (Å²) in [5, 5.41) is 12.0. The van der Waals surface area contributed by atoms with E-state index in [1.165, 1.54) is 5.56 Å². The third-order valence-corrected chi connectivity index (χ3v) is 4.99. The molecule has 1 aromatic heterocycles. The second-order valence-corrected chi connectivity index (χ2v) is 5.90. The van der Waals surface area contributed by atoms with Gasteiger partial charge in [0, 0.05) is 18.6 Å². The van der Waals surface area contributed by atoms with Crippen molar-refractivity contribution in [2.24, 2.45) is 0 Å². The fraction of sp³-hybridized carbons (Fsp3) is 0.375. The molecule has 0 saturated carbocycles. The first-order valence-corrected chi connectivity index (χ1v) is 7.68. The molecule has 0 radical (unpaired) electrons. The first-order chi connectivity index (χ1) is 9.85. The molecule has 0 unspecified atom stereocenters. The minimum atomic E-state index is -0.0438. The van der Waals surface area contributed by atoms with E-state index in [-0.39, 0.29) is 5.41 Å². The standard InChI is InChI=1S/C16H16N2OS/c17-9-6-14-12-20-15(18-14)16(7-10-19-11-8-16)13-4-2-1-3-5-13/h1-5,12H,6-8,10-11H2. The van der Waals surface area contributed by atoms with E-state index in [2.05, 4.69) is 30.3 Å². The molecule has 0 aliphatic carbocycles. The highest BCUT2D eigenvalue weighted by atomic mass is 32.1. The Morgan fingerprint density at radius 3 is 2.70 bits per heavy atom. The molecule has 102 valence electrons. The van der Waals surface area contributed by atoms with Gasteiger partial charge in [-0.25, -0.2) is 4.98 Å². The molecule has 3 rings (SSSR count). The second-order valence-electron chi connectivity index (χ2n) is 5.04. The van der Waals surface area contributed by atoms with Crippen LogP contribution in [-0.2, 0) is 16.6 Å². The fourth-order valence-corrected chi connectivity index (χ4v) is 3.89. The van der Waals surface area contributed by atoms with Gasteiger partial charge in [-0.3, -0.25) is 0 Å². The molecule has 2 heterocycles.